The maximum absolute atomic E-state index is 11.5. The van der Waals surface area contributed by atoms with Gasteiger partial charge in [-0.15, -0.1) is 0 Å². The number of aromatic nitrogens is 1. The van der Waals surface area contributed by atoms with Crippen molar-refractivity contribution in [1.29, 1.82) is 0 Å². The molecule has 2 amide bonds. The van der Waals surface area contributed by atoms with Gasteiger partial charge in [0.25, 0.3) is 5.91 Å². The molecule has 0 saturated carbocycles. The van der Waals surface area contributed by atoms with Crippen molar-refractivity contribution in [1.82, 2.24) is 10.3 Å². The Morgan fingerprint density at radius 1 is 1.35 bits per heavy atom. The Balaban J connectivity index is 2.73. The third-order valence-electron chi connectivity index (χ3n) is 2.06. The van der Waals surface area contributed by atoms with Gasteiger partial charge in [0.05, 0.1) is 24.8 Å². The van der Waals surface area contributed by atoms with E-state index in [1.807, 2.05) is 0 Å². The summed E-state index contributed by atoms with van der Waals surface area (Å²) in [4.78, 5) is 26.1. The van der Waals surface area contributed by atoms with Gasteiger partial charge < -0.3 is 21.3 Å². The number of hydrogen-bond donors (Lipinski definition) is 4. The molecular formula is C10H13N3O4. The van der Waals surface area contributed by atoms with Crippen molar-refractivity contribution >= 4 is 11.8 Å². The van der Waals surface area contributed by atoms with Crippen molar-refractivity contribution in [3.8, 4) is 0 Å². The van der Waals surface area contributed by atoms with E-state index in [9.17, 15) is 9.59 Å². The van der Waals surface area contributed by atoms with Crippen molar-refractivity contribution in [2.45, 2.75) is 6.04 Å². The molecule has 17 heavy (non-hydrogen) atoms. The number of nitrogens with zero attached hydrogens (tertiary/aromatic N) is 1. The number of nitrogens with one attached hydrogen (secondary N) is 1. The van der Waals surface area contributed by atoms with Crippen molar-refractivity contribution in [2.24, 2.45) is 5.73 Å². The van der Waals surface area contributed by atoms with Crippen LogP contribution in [0.2, 0.25) is 0 Å². The number of amides is 2. The molecule has 0 bridgehead atoms. The third-order valence-corrected chi connectivity index (χ3v) is 2.06. The van der Waals surface area contributed by atoms with Gasteiger partial charge >= 0.3 is 0 Å². The first-order chi connectivity index (χ1) is 8.08. The predicted molar refractivity (Wildman–Crippen MR) is 58.2 cm³/mol. The Kier molecular flexibility index (Phi) is 4.56. The van der Waals surface area contributed by atoms with E-state index in [1.54, 1.807) is 0 Å². The van der Waals surface area contributed by atoms with E-state index in [4.69, 9.17) is 15.9 Å². The zero-order chi connectivity index (χ0) is 12.8. The summed E-state index contributed by atoms with van der Waals surface area (Å²) in [5.41, 5.74) is 5.29. The molecule has 0 aliphatic rings. The normalized spacial score (nSPS) is 10.3. The molecule has 0 aromatic carbocycles. The van der Waals surface area contributed by atoms with E-state index < -0.39 is 17.9 Å². The second-order valence-electron chi connectivity index (χ2n) is 3.33. The third kappa shape index (κ3) is 3.51. The molecule has 92 valence electrons. The molecule has 1 aromatic heterocycles. The number of hydrogen-bond acceptors (Lipinski definition) is 5. The number of carbonyl (C=O) groups is 2. The van der Waals surface area contributed by atoms with Crippen LogP contribution < -0.4 is 11.1 Å². The highest BCUT2D eigenvalue weighted by atomic mass is 16.3. The lowest BCUT2D eigenvalue weighted by Crippen LogP contribution is -2.40. The van der Waals surface area contributed by atoms with Crippen LogP contribution in [0, 0.1) is 0 Å². The van der Waals surface area contributed by atoms with Crippen LogP contribution in [0.3, 0.4) is 0 Å². The molecule has 1 rings (SSSR count). The Bertz CT molecular complexity index is 401. The van der Waals surface area contributed by atoms with Crippen LogP contribution in [-0.4, -0.2) is 46.3 Å². The van der Waals surface area contributed by atoms with Gasteiger partial charge in [0.15, 0.2) is 0 Å². The SMILES string of the molecule is NC(=O)c1ccc(C(=O)NC(CO)CO)nc1. The highest BCUT2D eigenvalue weighted by Crippen LogP contribution is 2.00. The Morgan fingerprint density at radius 3 is 2.41 bits per heavy atom. The quantitative estimate of drug-likeness (QED) is 0.485. The van der Waals surface area contributed by atoms with Gasteiger partial charge in [0, 0.05) is 6.20 Å². The Hall–Kier alpha value is -1.99. The largest absolute Gasteiger partial charge is 0.394 e. The molecule has 0 unspecified atom stereocenters. The molecule has 0 radical (unpaired) electrons. The van der Waals surface area contributed by atoms with Gasteiger partial charge in [-0.3, -0.25) is 14.6 Å². The van der Waals surface area contributed by atoms with E-state index in [0.29, 0.717) is 0 Å². The molecule has 0 fully saturated rings. The maximum Gasteiger partial charge on any atom is 0.270 e. The van der Waals surface area contributed by atoms with Crippen molar-refractivity contribution in [3.05, 3.63) is 29.6 Å². The van der Waals surface area contributed by atoms with Crippen LogP contribution in [0.5, 0.6) is 0 Å². The summed E-state index contributed by atoms with van der Waals surface area (Å²) in [7, 11) is 0. The molecule has 0 saturated heterocycles. The summed E-state index contributed by atoms with van der Waals surface area (Å²) in [6, 6.07) is 1.97. The first-order valence-electron chi connectivity index (χ1n) is 4.87. The van der Waals surface area contributed by atoms with Crippen molar-refractivity contribution in [3.63, 3.8) is 0 Å². The number of primary amides is 1. The fraction of sp³-hybridized carbons (Fsp3) is 0.300. The average Bonchev–Trinajstić information content (AvgIpc) is 2.35. The number of aliphatic hydroxyl groups excluding tert-OH is 2. The smallest absolute Gasteiger partial charge is 0.270 e. The number of carbonyl (C=O) groups excluding carboxylic acids is 2. The van der Waals surface area contributed by atoms with Crippen LogP contribution in [0.25, 0.3) is 0 Å². The van der Waals surface area contributed by atoms with Crippen LogP contribution in [0.4, 0.5) is 0 Å². The molecule has 0 aliphatic carbocycles. The van der Waals surface area contributed by atoms with Crippen molar-refractivity contribution < 1.29 is 19.8 Å². The van der Waals surface area contributed by atoms with Crippen LogP contribution >= 0.6 is 0 Å². The van der Waals surface area contributed by atoms with E-state index in [-0.39, 0.29) is 24.5 Å². The first-order valence-corrected chi connectivity index (χ1v) is 4.87. The summed E-state index contributed by atoms with van der Waals surface area (Å²) >= 11 is 0. The monoisotopic (exact) mass is 239 g/mol. The minimum Gasteiger partial charge on any atom is -0.394 e. The summed E-state index contributed by atoms with van der Waals surface area (Å²) in [6.45, 7) is -0.747. The fourth-order valence-electron chi connectivity index (χ4n) is 1.08. The molecule has 0 atom stereocenters. The van der Waals surface area contributed by atoms with E-state index in [0.717, 1.165) is 0 Å². The van der Waals surface area contributed by atoms with Gasteiger partial charge in [-0.1, -0.05) is 0 Å². The van der Waals surface area contributed by atoms with Crippen molar-refractivity contribution in [2.75, 3.05) is 13.2 Å². The second kappa shape index (κ2) is 5.92. The number of pyridine rings is 1. The van der Waals surface area contributed by atoms with Gasteiger partial charge in [-0.05, 0) is 12.1 Å². The predicted octanol–water partition coefficient (Wildman–Crippen LogP) is -1.74. The fourth-order valence-corrected chi connectivity index (χ4v) is 1.08. The lowest BCUT2D eigenvalue weighted by molar-refractivity contribution is 0.0873. The van der Waals surface area contributed by atoms with E-state index >= 15 is 0 Å². The lowest BCUT2D eigenvalue weighted by atomic mass is 10.2. The zero-order valence-electron chi connectivity index (χ0n) is 8.96. The Labute approximate surface area is 97.3 Å². The summed E-state index contributed by atoms with van der Waals surface area (Å²) in [6.07, 6.45) is 1.18. The molecule has 5 N–H and O–H groups in total. The second-order valence-corrected chi connectivity index (χ2v) is 3.33. The number of nitrogens with two attached hydrogens (primary N) is 1. The lowest BCUT2D eigenvalue weighted by Gasteiger charge is -2.12. The van der Waals surface area contributed by atoms with Gasteiger partial charge in [0.2, 0.25) is 5.91 Å². The molecular weight excluding hydrogens is 226 g/mol. The molecule has 7 nitrogen and oxygen atoms in total. The van der Waals surface area contributed by atoms with Crippen LogP contribution in [0.1, 0.15) is 20.8 Å². The zero-order valence-corrected chi connectivity index (χ0v) is 8.96. The molecule has 0 spiro atoms. The van der Waals surface area contributed by atoms with Crippen LogP contribution in [-0.2, 0) is 0 Å². The number of rotatable bonds is 5. The molecule has 7 heteroatoms. The maximum atomic E-state index is 11.5. The minimum absolute atomic E-state index is 0.0712. The van der Waals surface area contributed by atoms with Gasteiger partial charge in [-0.25, -0.2) is 0 Å². The highest BCUT2D eigenvalue weighted by Gasteiger charge is 2.13. The summed E-state index contributed by atoms with van der Waals surface area (Å²) in [5, 5.41) is 19.9. The summed E-state index contributed by atoms with van der Waals surface area (Å²) < 4.78 is 0. The Morgan fingerprint density at radius 2 is 2.00 bits per heavy atom. The standard InChI is InChI=1S/C10H13N3O4/c11-9(16)6-1-2-8(12-3-6)10(17)13-7(4-14)5-15/h1-3,7,14-15H,4-5H2,(H2,11,16)(H,13,17). The van der Waals surface area contributed by atoms with Gasteiger partial charge in [-0.2, -0.15) is 0 Å². The average molecular weight is 239 g/mol. The molecule has 1 heterocycles. The minimum atomic E-state index is -0.736. The summed E-state index contributed by atoms with van der Waals surface area (Å²) in [5.74, 6) is -1.18. The first kappa shape index (κ1) is 13.1. The topological polar surface area (TPSA) is 126 Å². The van der Waals surface area contributed by atoms with E-state index in [2.05, 4.69) is 10.3 Å². The van der Waals surface area contributed by atoms with Gasteiger partial charge in [0.1, 0.15) is 5.69 Å². The highest BCUT2D eigenvalue weighted by molar-refractivity contribution is 5.95. The number of aliphatic hydroxyl groups is 2. The van der Waals surface area contributed by atoms with E-state index in [1.165, 1.54) is 18.3 Å². The molecule has 0 aliphatic heterocycles. The molecule has 1 aromatic rings. The van der Waals surface area contributed by atoms with Crippen LogP contribution in [0.15, 0.2) is 18.3 Å².